The fourth-order valence-corrected chi connectivity index (χ4v) is 1.45. The third kappa shape index (κ3) is 1.06. The zero-order valence-corrected chi connectivity index (χ0v) is 6.52. The first-order valence-corrected chi connectivity index (χ1v) is 4.21. The molecule has 0 bridgehead atoms. The summed E-state index contributed by atoms with van der Waals surface area (Å²) in [4.78, 5) is 0. The van der Waals surface area contributed by atoms with Gasteiger partial charge in [0, 0.05) is 12.1 Å². The molecule has 2 heteroatoms. The van der Waals surface area contributed by atoms with Crippen LogP contribution in [0.4, 0.5) is 0 Å². The van der Waals surface area contributed by atoms with Crippen molar-refractivity contribution in [2.45, 2.75) is 37.8 Å². The molecule has 1 spiro atoms. The minimum absolute atomic E-state index is 0.436. The molecule has 1 heterocycles. The maximum Gasteiger partial charge on any atom is 0.0698 e. The van der Waals surface area contributed by atoms with Gasteiger partial charge in [-0.05, 0) is 19.3 Å². The fourth-order valence-electron chi connectivity index (χ4n) is 1.45. The van der Waals surface area contributed by atoms with Crippen molar-refractivity contribution >= 4 is 0 Å². The molecule has 1 N–H and O–H groups in total. The summed E-state index contributed by atoms with van der Waals surface area (Å²) in [6, 6.07) is 0. The molecule has 2 nitrogen and oxygen atoms in total. The summed E-state index contributed by atoms with van der Waals surface area (Å²) in [6.07, 6.45) is 4.27. The monoisotopic (exact) mass is 141 g/mol. The maximum atomic E-state index is 5.64. The number of ether oxygens (including phenoxy) is 1. The van der Waals surface area contributed by atoms with Crippen LogP contribution in [0.3, 0.4) is 0 Å². The van der Waals surface area contributed by atoms with Gasteiger partial charge in [0.05, 0.1) is 12.7 Å². The lowest BCUT2D eigenvalue weighted by Crippen LogP contribution is -2.47. The van der Waals surface area contributed by atoms with Crippen LogP contribution >= 0.6 is 0 Å². The van der Waals surface area contributed by atoms with Crippen LogP contribution in [0.1, 0.15) is 26.2 Å². The zero-order chi connectivity index (χ0) is 7.03. The quantitative estimate of drug-likeness (QED) is 0.586. The van der Waals surface area contributed by atoms with E-state index < -0.39 is 0 Å². The highest BCUT2D eigenvalue weighted by molar-refractivity contribution is 5.04. The van der Waals surface area contributed by atoms with Gasteiger partial charge in [-0.3, -0.25) is 0 Å². The van der Waals surface area contributed by atoms with Crippen LogP contribution in [-0.2, 0) is 4.74 Å². The molecule has 0 amide bonds. The summed E-state index contributed by atoms with van der Waals surface area (Å²) >= 11 is 0. The van der Waals surface area contributed by atoms with Crippen molar-refractivity contribution in [3.8, 4) is 0 Å². The molecule has 58 valence electrons. The molecular weight excluding hydrogens is 126 g/mol. The molecule has 2 fully saturated rings. The molecule has 10 heavy (non-hydrogen) atoms. The third-order valence-electron chi connectivity index (χ3n) is 2.61. The summed E-state index contributed by atoms with van der Waals surface area (Å²) in [7, 11) is 0. The van der Waals surface area contributed by atoms with Crippen LogP contribution in [-0.4, -0.2) is 24.8 Å². The van der Waals surface area contributed by atoms with Crippen molar-refractivity contribution in [1.82, 2.24) is 5.32 Å². The first-order valence-electron chi connectivity index (χ1n) is 4.21. The van der Waals surface area contributed by atoms with E-state index in [4.69, 9.17) is 4.74 Å². The predicted octanol–water partition coefficient (Wildman–Crippen LogP) is 0.917. The third-order valence-corrected chi connectivity index (χ3v) is 2.61. The van der Waals surface area contributed by atoms with Crippen molar-refractivity contribution in [1.29, 1.82) is 0 Å². The van der Waals surface area contributed by atoms with E-state index in [1.54, 1.807) is 0 Å². The molecule has 2 rings (SSSR count). The van der Waals surface area contributed by atoms with E-state index in [0.717, 1.165) is 19.6 Å². The molecule has 0 aromatic rings. The Hall–Kier alpha value is -0.0800. The van der Waals surface area contributed by atoms with Gasteiger partial charge in [-0.1, -0.05) is 6.92 Å². The van der Waals surface area contributed by atoms with Crippen molar-refractivity contribution in [2.24, 2.45) is 0 Å². The van der Waals surface area contributed by atoms with Crippen LogP contribution < -0.4 is 5.32 Å². The van der Waals surface area contributed by atoms with Crippen LogP contribution in [0.2, 0.25) is 0 Å². The highest BCUT2D eigenvalue weighted by atomic mass is 16.5. The Kier molecular flexibility index (Phi) is 1.46. The molecule has 0 aromatic carbocycles. The van der Waals surface area contributed by atoms with Crippen molar-refractivity contribution < 1.29 is 4.74 Å². The number of hydrogen-bond acceptors (Lipinski definition) is 2. The Bertz CT molecular complexity index is 121. The molecule has 2 aliphatic rings. The van der Waals surface area contributed by atoms with Gasteiger partial charge in [0.15, 0.2) is 0 Å². The molecule has 1 aliphatic heterocycles. The molecule has 0 radical (unpaired) electrons. The van der Waals surface area contributed by atoms with Crippen LogP contribution in [0.5, 0.6) is 0 Å². The summed E-state index contributed by atoms with van der Waals surface area (Å²) in [6.45, 7) is 4.19. The minimum atomic E-state index is 0.436. The average Bonchev–Trinajstić information content (AvgIpc) is 2.72. The predicted molar refractivity (Wildman–Crippen MR) is 40.0 cm³/mol. The highest BCUT2D eigenvalue weighted by Gasteiger charge is 2.45. The van der Waals surface area contributed by atoms with E-state index in [9.17, 15) is 0 Å². The molecule has 0 aromatic heterocycles. The maximum absolute atomic E-state index is 5.64. The first kappa shape index (κ1) is 6.62. The topological polar surface area (TPSA) is 21.3 Å². The van der Waals surface area contributed by atoms with Gasteiger partial charge in [0.1, 0.15) is 0 Å². The second-order valence-electron chi connectivity index (χ2n) is 3.50. The van der Waals surface area contributed by atoms with Gasteiger partial charge < -0.3 is 10.1 Å². The van der Waals surface area contributed by atoms with Gasteiger partial charge in [-0.25, -0.2) is 0 Å². The Balaban J connectivity index is 1.84. The zero-order valence-electron chi connectivity index (χ0n) is 6.52. The van der Waals surface area contributed by atoms with E-state index >= 15 is 0 Å². The summed E-state index contributed by atoms with van der Waals surface area (Å²) in [5, 5.41) is 3.55. The van der Waals surface area contributed by atoms with Gasteiger partial charge >= 0.3 is 0 Å². The Morgan fingerprint density at radius 2 is 2.40 bits per heavy atom. The second kappa shape index (κ2) is 2.21. The van der Waals surface area contributed by atoms with Gasteiger partial charge in [0.2, 0.25) is 0 Å². The smallest absolute Gasteiger partial charge is 0.0698 e. The lowest BCUT2D eigenvalue weighted by molar-refractivity contribution is -0.00451. The van der Waals surface area contributed by atoms with Crippen LogP contribution in [0, 0.1) is 0 Å². The fraction of sp³-hybridized carbons (Fsp3) is 1.00. The lowest BCUT2D eigenvalue weighted by atomic mass is 10.2. The standard InChI is InChI=1S/C8H15NO/c1-2-7-5-9-8(3-4-8)6-10-7/h7,9H,2-6H2,1H3. The Labute approximate surface area is 61.9 Å². The molecular formula is C8H15NO. The van der Waals surface area contributed by atoms with Crippen molar-refractivity contribution in [3.63, 3.8) is 0 Å². The number of rotatable bonds is 1. The molecule has 1 saturated carbocycles. The summed E-state index contributed by atoms with van der Waals surface area (Å²) < 4.78 is 5.64. The SMILES string of the molecule is CCC1CNC2(CC2)CO1. The second-order valence-corrected chi connectivity index (χ2v) is 3.50. The summed E-state index contributed by atoms with van der Waals surface area (Å²) in [5.41, 5.74) is 0.436. The van der Waals surface area contributed by atoms with Gasteiger partial charge in [0.25, 0.3) is 0 Å². The van der Waals surface area contributed by atoms with E-state index in [1.807, 2.05) is 0 Å². The van der Waals surface area contributed by atoms with E-state index in [2.05, 4.69) is 12.2 Å². The molecule has 1 saturated heterocycles. The minimum Gasteiger partial charge on any atom is -0.375 e. The normalized spacial score (nSPS) is 36.3. The van der Waals surface area contributed by atoms with Crippen molar-refractivity contribution in [2.75, 3.05) is 13.2 Å². The highest BCUT2D eigenvalue weighted by Crippen LogP contribution is 2.37. The molecule has 1 aliphatic carbocycles. The largest absolute Gasteiger partial charge is 0.375 e. The van der Waals surface area contributed by atoms with Gasteiger partial charge in [-0.2, -0.15) is 0 Å². The summed E-state index contributed by atoms with van der Waals surface area (Å²) in [5.74, 6) is 0. The first-order chi connectivity index (χ1) is 4.85. The number of hydrogen-bond donors (Lipinski definition) is 1. The van der Waals surface area contributed by atoms with E-state index in [-0.39, 0.29) is 0 Å². The number of nitrogens with one attached hydrogen (secondary N) is 1. The van der Waals surface area contributed by atoms with Crippen LogP contribution in [0.25, 0.3) is 0 Å². The van der Waals surface area contributed by atoms with Gasteiger partial charge in [-0.15, -0.1) is 0 Å². The van der Waals surface area contributed by atoms with Crippen LogP contribution in [0.15, 0.2) is 0 Å². The Morgan fingerprint density at radius 3 is 2.80 bits per heavy atom. The number of morpholine rings is 1. The van der Waals surface area contributed by atoms with E-state index in [1.165, 1.54) is 12.8 Å². The average molecular weight is 141 g/mol. The molecule has 1 atom stereocenters. The van der Waals surface area contributed by atoms with E-state index in [0.29, 0.717) is 11.6 Å². The lowest BCUT2D eigenvalue weighted by Gasteiger charge is -2.29. The Morgan fingerprint density at radius 1 is 1.60 bits per heavy atom. The molecule has 1 unspecified atom stereocenters. The van der Waals surface area contributed by atoms with Crippen molar-refractivity contribution in [3.05, 3.63) is 0 Å².